The summed E-state index contributed by atoms with van der Waals surface area (Å²) in [5.41, 5.74) is 20.7. The van der Waals surface area contributed by atoms with E-state index in [9.17, 15) is 0 Å². The molecule has 3 nitrogen and oxygen atoms in total. The van der Waals surface area contributed by atoms with E-state index in [2.05, 4.69) is 252 Å². The van der Waals surface area contributed by atoms with Crippen LogP contribution in [0, 0.1) is 0 Å². The lowest BCUT2D eigenvalue weighted by molar-refractivity contribution is 0.660. The average Bonchev–Trinajstić information content (AvgIpc) is 3.98. The third kappa shape index (κ3) is 4.89. The second-order valence-corrected chi connectivity index (χ2v) is 20.3. The molecule has 12 aromatic rings. The van der Waals surface area contributed by atoms with Gasteiger partial charge in [-0.05, 0) is 129 Å². The van der Waals surface area contributed by atoms with Crippen LogP contribution in [0.3, 0.4) is 0 Å². The Morgan fingerprint density at radius 1 is 0.368 bits per heavy atom. The van der Waals surface area contributed by atoms with Gasteiger partial charge in [-0.25, -0.2) is 0 Å². The molecule has 1 unspecified atom stereocenters. The number of nitrogens with zero attached hydrogens (tertiary/aromatic N) is 3. The van der Waals surface area contributed by atoms with Crippen LogP contribution >= 0.6 is 11.8 Å². The number of fused-ring (bicyclic) bond motifs is 17. The third-order valence-electron chi connectivity index (χ3n) is 15.5. The van der Waals surface area contributed by atoms with Gasteiger partial charge in [-0.2, -0.15) is 0 Å². The minimum absolute atomic E-state index is 0.103. The van der Waals surface area contributed by atoms with Crippen molar-refractivity contribution in [3.05, 3.63) is 258 Å². The van der Waals surface area contributed by atoms with Crippen LogP contribution in [0.15, 0.2) is 234 Å². The largest absolute Gasteiger partial charge is 0.310 e. The Morgan fingerprint density at radius 2 is 0.971 bits per heavy atom. The molecule has 0 saturated heterocycles. The quantitative estimate of drug-likeness (QED) is 0.175. The molecular weight excluding hydrogens is 843 g/mol. The zero-order chi connectivity index (χ0) is 44.9. The average molecular weight is 886 g/mol. The number of para-hydroxylation sites is 5. The minimum Gasteiger partial charge on any atom is -0.310 e. The van der Waals surface area contributed by atoms with Crippen LogP contribution in [-0.2, 0) is 10.8 Å². The lowest BCUT2D eigenvalue weighted by atomic mass is 9.62. The molecule has 3 aliphatic rings. The number of anilines is 3. The topological polar surface area (TPSA) is 13.1 Å². The summed E-state index contributed by atoms with van der Waals surface area (Å²) in [6, 6.07) is 84.2. The Kier molecular flexibility index (Phi) is 7.71. The van der Waals surface area contributed by atoms with E-state index in [1.165, 1.54) is 104 Å². The van der Waals surface area contributed by atoms with Gasteiger partial charge < -0.3 is 14.0 Å². The highest BCUT2D eigenvalue weighted by atomic mass is 32.2. The van der Waals surface area contributed by atoms with E-state index in [4.69, 9.17) is 0 Å². The maximum Gasteiger partial charge on any atom is 0.0765 e. The van der Waals surface area contributed by atoms with E-state index >= 15 is 0 Å². The van der Waals surface area contributed by atoms with Crippen molar-refractivity contribution in [3.8, 4) is 22.5 Å². The molecule has 1 aliphatic carbocycles. The van der Waals surface area contributed by atoms with Crippen LogP contribution < -0.4 is 4.90 Å². The van der Waals surface area contributed by atoms with Crippen molar-refractivity contribution in [2.45, 2.75) is 34.5 Å². The maximum atomic E-state index is 2.55. The Morgan fingerprint density at radius 3 is 1.79 bits per heavy atom. The van der Waals surface area contributed by atoms with Crippen molar-refractivity contribution < 1.29 is 0 Å². The van der Waals surface area contributed by atoms with Gasteiger partial charge in [-0.3, -0.25) is 0 Å². The normalized spacial score (nSPS) is 15.9. The molecule has 4 heterocycles. The highest BCUT2D eigenvalue weighted by Crippen LogP contribution is 2.61. The lowest BCUT2D eigenvalue weighted by Gasteiger charge is -2.45. The van der Waals surface area contributed by atoms with Gasteiger partial charge in [0.05, 0.1) is 33.2 Å². The molecule has 2 aliphatic heterocycles. The molecule has 68 heavy (non-hydrogen) atoms. The van der Waals surface area contributed by atoms with Gasteiger partial charge in [0.2, 0.25) is 0 Å². The molecule has 0 bridgehead atoms. The fraction of sp³-hybridized carbons (Fsp3) is 0.0625. The molecule has 0 fully saturated rings. The molecule has 0 saturated carbocycles. The van der Waals surface area contributed by atoms with Crippen LogP contribution in [0.5, 0.6) is 0 Å². The van der Waals surface area contributed by atoms with Crippen LogP contribution in [0.2, 0.25) is 0 Å². The van der Waals surface area contributed by atoms with Crippen molar-refractivity contribution in [3.63, 3.8) is 0 Å². The van der Waals surface area contributed by atoms with Crippen LogP contribution in [0.1, 0.15) is 47.2 Å². The molecule has 0 radical (unpaired) electrons. The number of hydrogen-bond acceptors (Lipinski definition) is 2. The molecule has 1 spiro atoms. The zero-order valence-electron chi connectivity index (χ0n) is 37.6. The molecule has 15 rings (SSSR count). The second-order valence-electron chi connectivity index (χ2n) is 19.2. The van der Waals surface area contributed by atoms with E-state index in [1.807, 2.05) is 11.8 Å². The minimum atomic E-state index is -0.570. The van der Waals surface area contributed by atoms with Gasteiger partial charge in [0.15, 0.2) is 0 Å². The van der Waals surface area contributed by atoms with Gasteiger partial charge in [-0.15, -0.1) is 0 Å². The molecule has 2 aromatic heterocycles. The van der Waals surface area contributed by atoms with E-state index < -0.39 is 5.41 Å². The monoisotopic (exact) mass is 885 g/mol. The van der Waals surface area contributed by atoms with E-state index in [-0.39, 0.29) is 5.41 Å². The van der Waals surface area contributed by atoms with E-state index in [0.717, 1.165) is 22.7 Å². The van der Waals surface area contributed by atoms with Crippen LogP contribution in [0.25, 0.3) is 66.1 Å². The first-order valence-corrected chi connectivity index (χ1v) is 24.5. The van der Waals surface area contributed by atoms with Crippen molar-refractivity contribution in [2.24, 2.45) is 0 Å². The summed E-state index contributed by atoms with van der Waals surface area (Å²) in [5.74, 6) is 0. The zero-order valence-corrected chi connectivity index (χ0v) is 38.4. The summed E-state index contributed by atoms with van der Waals surface area (Å²) in [7, 11) is 0. The Balaban J connectivity index is 0.955. The Hall–Kier alpha value is -8.05. The summed E-state index contributed by atoms with van der Waals surface area (Å²) < 4.78 is 5.03. The van der Waals surface area contributed by atoms with Gasteiger partial charge in [-0.1, -0.05) is 165 Å². The fourth-order valence-corrected chi connectivity index (χ4v) is 13.9. The molecular formula is C64H43N3S. The summed E-state index contributed by atoms with van der Waals surface area (Å²) in [6.45, 7) is 4.72. The third-order valence-corrected chi connectivity index (χ3v) is 16.7. The molecule has 1 atom stereocenters. The lowest BCUT2D eigenvalue weighted by Crippen LogP contribution is -2.37. The second kappa shape index (κ2) is 13.8. The number of hydrogen-bond donors (Lipinski definition) is 0. The van der Waals surface area contributed by atoms with E-state index in [0.29, 0.717) is 0 Å². The Labute approximate surface area is 399 Å². The van der Waals surface area contributed by atoms with Crippen molar-refractivity contribution in [2.75, 3.05) is 4.90 Å². The highest BCUT2D eigenvalue weighted by molar-refractivity contribution is 7.99. The first-order valence-electron chi connectivity index (χ1n) is 23.7. The summed E-state index contributed by atoms with van der Waals surface area (Å²) in [5, 5.41) is 5.08. The predicted octanol–water partition coefficient (Wildman–Crippen LogP) is 16.8. The van der Waals surface area contributed by atoms with Crippen molar-refractivity contribution in [1.29, 1.82) is 0 Å². The predicted molar refractivity (Wildman–Crippen MR) is 283 cm³/mol. The molecule has 4 heteroatoms. The van der Waals surface area contributed by atoms with E-state index in [1.54, 1.807) is 0 Å². The van der Waals surface area contributed by atoms with Crippen molar-refractivity contribution in [1.82, 2.24) is 9.13 Å². The molecule has 320 valence electrons. The van der Waals surface area contributed by atoms with Gasteiger partial charge in [0, 0.05) is 59.5 Å². The van der Waals surface area contributed by atoms with Gasteiger partial charge in [0.25, 0.3) is 0 Å². The summed E-state index contributed by atoms with van der Waals surface area (Å²) >= 11 is 1.91. The number of benzene rings is 10. The molecule has 10 aromatic carbocycles. The fourth-order valence-electron chi connectivity index (χ4n) is 12.7. The smallest absolute Gasteiger partial charge is 0.0765 e. The highest BCUT2D eigenvalue weighted by Gasteiger charge is 2.50. The van der Waals surface area contributed by atoms with Crippen LogP contribution in [-0.4, -0.2) is 9.13 Å². The molecule has 0 amide bonds. The number of aromatic nitrogens is 2. The van der Waals surface area contributed by atoms with Gasteiger partial charge in [0.1, 0.15) is 0 Å². The molecule has 0 N–H and O–H groups in total. The summed E-state index contributed by atoms with van der Waals surface area (Å²) in [4.78, 5) is 5.00. The van der Waals surface area contributed by atoms with Crippen LogP contribution in [0.4, 0.5) is 17.1 Å². The van der Waals surface area contributed by atoms with Crippen molar-refractivity contribution >= 4 is 72.4 Å². The SMILES string of the molecule is CC1(C)c2ccccc2-c2ccc(N(c3ccccc3)c3ccc(-n4c5ccccc5c5cc6c(cc54)C4(c5ccccc5S6)c5ccccc5-n5c6ccccc6c6cccc4c65)cc3)cc21. The summed E-state index contributed by atoms with van der Waals surface area (Å²) in [6.07, 6.45) is 0. The Bertz CT molecular complexity index is 4100. The standard InChI is InChI=1S/C64H43N3S/c1-63(2)50-23-9-6-19-44(50)45-36-35-43(37-54(45)63)65(40-17-4-3-5-18-40)41-31-33-42(34-32-41)66-56-27-12-8-21-47(56)49-38-61-55(39-59(49)66)64(52-25-11-15-30-60(52)68-61)51-24-10-14-29-58(51)67-57-28-13-7-20-46(57)48-22-16-26-53(64)62(48)67/h3-39H,1-2H3. The van der Waals surface area contributed by atoms with Gasteiger partial charge >= 0.3 is 0 Å². The maximum absolute atomic E-state index is 2.55. The first-order chi connectivity index (χ1) is 33.5. The first kappa shape index (κ1) is 38.1. The number of rotatable bonds is 4.